The minimum absolute atomic E-state index is 0.309. The summed E-state index contributed by atoms with van der Waals surface area (Å²) in [5.74, 6) is 5.74. The van der Waals surface area contributed by atoms with E-state index in [1.807, 2.05) is 0 Å². The van der Waals surface area contributed by atoms with E-state index in [0.29, 0.717) is 11.6 Å². The second kappa shape index (κ2) is 5.83. The lowest BCUT2D eigenvalue weighted by Crippen LogP contribution is -2.59. The van der Waals surface area contributed by atoms with Crippen molar-refractivity contribution in [1.82, 2.24) is 10.3 Å². The van der Waals surface area contributed by atoms with E-state index in [2.05, 4.69) is 31.3 Å². The molecule has 3 N–H and O–H groups in total. The third-order valence-corrected chi connectivity index (χ3v) is 4.06. The van der Waals surface area contributed by atoms with E-state index < -0.39 is 0 Å². The number of rotatable bonds is 6. The van der Waals surface area contributed by atoms with Gasteiger partial charge in [0.25, 0.3) is 0 Å². The first-order valence-corrected chi connectivity index (χ1v) is 6.31. The monoisotopic (exact) mass is 213 g/mol. The molecule has 0 spiro atoms. The molecule has 3 nitrogen and oxygen atoms in total. The van der Waals surface area contributed by atoms with E-state index in [0.717, 1.165) is 0 Å². The summed E-state index contributed by atoms with van der Waals surface area (Å²) in [6, 6.07) is 0.454. The molecule has 0 aromatic carbocycles. The molecule has 0 aromatic heterocycles. The predicted octanol–water partition coefficient (Wildman–Crippen LogP) is 1.88. The van der Waals surface area contributed by atoms with E-state index in [1.54, 1.807) is 0 Å². The van der Waals surface area contributed by atoms with Crippen LogP contribution in [-0.4, -0.2) is 30.6 Å². The minimum Gasteiger partial charge on any atom is -0.302 e. The van der Waals surface area contributed by atoms with Gasteiger partial charge in [-0.25, -0.2) is 0 Å². The van der Waals surface area contributed by atoms with Crippen LogP contribution in [0, 0.1) is 0 Å². The predicted molar refractivity (Wildman–Crippen MR) is 65.5 cm³/mol. The first kappa shape index (κ1) is 12.9. The Labute approximate surface area is 94.4 Å². The van der Waals surface area contributed by atoms with Crippen LogP contribution in [0.1, 0.15) is 51.9 Å². The van der Waals surface area contributed by atoms with Gasteiger partial charge in [0.2, 0.25) is 0 Å². The van der Waals surface area contributed by atoms with Crippen molar-refractivity contribution in [1.29, 1.82) is 0 Å². The summed E-state index contributed by atoms with van der Waals surface area (Å²) in [5.41, 5.74) is 3.37. The standard InChI is InChI=1S/C12H27N3/c1-4-5-8-11(14-13)12(15(2)3)9-6-7-10-12/h11,14H,4-10,13H2,1-3H3. The summed E-state index contributed by atoms with van der Waals surface area (Å²) in [6.45, 7) is 2.24. The van der Waals surface area contributed by atoms with E-state index in [4.69, 9.17) is 5.84 Å². The smallest absolute Gasteiger partial charge is 0.0394 e. The van der Waals surface area contributed by atoms with Gasteiger partial charge >= 0.3 is 0 Å². The van der Waals surface area contributed by atoms with Crippen LogP contribution < -0.4 is 11.3 Å². The zero-order chi connectivity index (χ0) is 11.3. The largest absolute Gasteiger partial charge is 0.302 e. The summed E-state index contributed by atoms with van der Waals surface area (Å²) in [7, 11) is 4.39. The Morgan fingerprint density at radius 2 is 1.93 bits per heavy atom. The van der Waals surface area contributed by atoms with E-state index in [-0.39, 0.29) is 0 Å². The number of nitrogens with two attached hydrogens (primary N) is 1. The lowest BCUT2D eigenvalue weighted by atomic mass is 9.84. The van der Waals surface area contributed by atoms with Crippen molar-refractivity contribution >= 4 is 0 Å². The average molecular weight is 213 g/mol. The molecule has 0 aromatic rings. The number of hydrazine groups is 1. The Morgan fingerprint density at radius 1 is 1.33 bits per heavy atom. The Bertz CT molecular complexity index is 174. The highest BCUT2D eigenvalue weighted by Gasteiger charge is 2.42. The molecular weight excluding hydrogens is 186 g/mol. The fraction of sp³-hybridized carbons (Fsp3) is 1.00. The lowest BCUT2D eigenvalue weighted by molar-refractivity contribution is 0.0988. The Balaban J connectivity index is 2.67. The van der Waals surface area contributed by atoms with Crippen LogP contribution in [-0.2, 0) is 0 Å². The van der Waals surface area contributed by atoms with Crippen molar-refractivity contribution in [3.63, 3.8) is 0 Å². The maximum absolute atomic E-state index is 5.74. The third kappa shape index (κ3) is 2.71. The Hall–Kier alpha value is -0.120. The van der Waals surface area contributed by atoms with Crippen LogP contribution in [0.2, 0.25) is 0 Å². The third-order valence-electron chi connectivity index (χ3n) is 4.06. The first-order chi connectivity index (χ1) is 7.17. The van der Waals surface area contributed by atoms with Crippen LogP contribution in [0.15, 0.2) is 0 Å². The topological polar surface area (TPSA) is 41.3 Å². The van der Waals surface area contributed by atoms with E-state index in [9.17, 15) is 0 Å². The molecule has 0 aliphatic heterocycles. The van der Waals surface area contributed by atoms with Crippen molar-refractivity contribution in [2.24, 2.45) is 5.84 Å². The van der Waals surface area contributed by atoms with Gasteiger partial charge in [0.05, 0.1) is 0 Å². The van der Waals surface area contributed by atoms with Gasteiger partial charge in [-0.15, -0.1) is 0 Å². The SMILES string of the molecule is CCCCC(NN)C1(N(C)C)CCCC1. The molecule has 1 unspecified atom stereocenters. The molecule has 1 rings (SSSR count). The highest BCUT2D eigenvalue weighted by molar-refractivity contribution is 5.01. The molecule has 0 radical (unpaired) electrons. The molecule has 1 fully saturated rings. The number of hydrogen-bond acceptors (Lipinski definition) is 3. The molecule has 0 heterocycles. The van der Waals surface area contributed by atoms with Gasteiger partial charge in [-0.1, -0.05) is 32.6 Å². The van der Waals surface area contributed by atoms with Gasteiger partial charge in [0.15, 0.2) is 0 Å². The van der Waals surface area contributed by atoms with Crippen LogP contribution >= 0.6 is 0 Å². The van der Waals surface area contributed by atoms with E-state index in [1.165, 1.54) is 44.9 Å². The first-order valence-electron chi connectivity index (χ1n) is 6.31. The number of likely N-dealkylation sites (N-methyl/N-ethyl adjacent to an activating group) is 1. The lowest BCUT2D eigenvalue weighted by Gasteiger charge is -2.43. The quantitative estimate of drug-likeness (QED) is 0.523. The van der Waals surface area contributed by atoms with Crippen molar-refractivity contribution in [3.05, 3.63) is 0 Å². The summed E-state index contributed by atoms with van der Waals surface area (Å²) in [4.78, 5) is 2.39. The second-order valence-corrected chi connectivity index (χ2v) is 5.07. The van der Waals surface area contributed by atoms with Gasteiger partial charge in [-0.2, -0.15) is 0 Å². The fourth-order valence-electron chi connectivity index (χ4n) is 3.01. The molecule has 3 heteroatoms. The van der Waals surface area contributed by atoms with Gasteiger partial charge in [-0.05, 0) is 33.4 Å². The van der Waals surface area contributed by atoms with Crippen LogP contribution in [0.25, 0.3) is 0 Å². The molecule has 0 saturated heterocycles. The molecule has 1 aliphatic carbocycles. The molecule has 90 valence electrons. The highest BCUT2D eigenvalue weighted by Crippen LogP contribution is 2.37. The number of nitrogens with one attached hydrogen (secondary N) is 1. The molecule has 1 atom stereocenters. The second-order valence-electron chi connectivity index (χ2n) is 5.07. The fourth-order valence-corrected chi connectivity index (χ4v) is 3.01. The number of unbranched alkanes of at least 4 members (excludes halogenated alkanes) is 1. The van der Waals surface area contributed by atoms with Crippen molar-refractivity contribution < 1.29 is 0 Å². The highest BCUT2D eigenvalue weighted by atomic mass is 15.3. The summed E-state index contributed by atoms with van der Waals surface area (Å²) >= 11 is 0. The number of nitrogens with zero attached hydrogens (tertiary/aromatic N) is 1. The zero-order valence-electron chi connectivity index (χ0n) is 10.6. The van der Waals surface area contributed by atoms with E-state index >= 15 is 0 Å². The molecule has 1 saturated carbocycles. The van der Waals surface area contributed by atoms with Crippen LogP contribution in [0.4, 0.5) is 0 Å². The van der Waals surface area contributed by atoms with Crippen molar-refractivity contribution in [2.75, 3.05) is 14.1 Å². The van der Waals surface area contributed by atoms with Crippen LogP contribution in [0.3, 0.4) is 0 Å². The van der Waals surface area contributed by atoms with Gasteiger partial charge in [0, 0.05) is 11.6 Å². The maximum Gasteiger partial charge on any atom is 0.0394 e. The minimum atomic E-state index is 0.309. The Morgan fingerprint density at radius 3 is 2.33 bits per heavy atom. The normalized spacial score (nSPS) is 22.2. The summed E-state index contributed by atoms with van der Waals surface area (Å²) in [5, 5.41) is 0. The summed E-state index contributed by atoms with van der Waals surface area (Å²) < 4.78 is 0. The average Bonchev–Trinajstić information content (AvgIpc) is 2.69. The van der Waals surface area contributed by atoms with Gasteiger partial charge < -0.3 is 4.90 Å². The molecule has 0 bridgehead atoms. The molecular formula is C12H27N3. The van der Waals surface area contributed by atoms with Gasteiger partial charge in [0.1, 0.15) is 0 Å². The zero-order valence-corrected chi connectivity index (χ0v) is 10.6. The van der Waals surface area contributed by atoms with Gasteiger partial charge in [-0.3, -0.25) is 11.3 Å². The molecule has 15 heavy (non-hydrogen) atoms. The van der Waals surface area contributed by atoms with Crippen molar-refractivity contribution in [3.8, 4) is 0 Å². The Kier molecular flexibility index (Phi) is 5.03. The maximum atomic E-state index is 5.74. The molecule has 0 amide bonds. The van der Waals surface area contributed by atoms with Crippen molar-refractivity contribution in [2.45, 2.75) is 63.5 Å². The van der Waals surface area contributed by atoms with Crippen LogP contribution in [0.5, 0.6) is 0 Å². The number of hydrogen-bond donors (Lipinski definition) is 2. The summed E-state index contributed by atoms with van der Waals surface area (Å²) in [6.07, 6.45) is 9.00. The molecule has 1 aliphatic rings.